The Hall–Kier alpha value is -2.71. The average molecular weight is 458 g/mol. The van der Waals surface area contributed by atoms with Crippen LogP contribution in [0, 0.1) is 0 Å². The maximum Gasteiger partial charge on any atom is 0.233 e. The van der Waals surface area contributed by atoms with E-state index in [4.69, 9.17) is 16.3 Å². The molecule has 9 heteroatoms. The van der Waals surface area contributed by atoms with Crippen molar-refractivity contribution in [1.29, 1.82) is 0 Å². The molecule has 7 nitrogen and oxygen atoms in total. The second-order valence-electron chi connectivity index (χ2n) is 7.17. The van der Waals surface area contributed by atoms with E-state index >= 15 is 0 Å². The molecule has 0 saturated carbocycles. The zero-order valence-electron chi connectivity index (χ0n) is 17.3. The first-order valence-electron chi connectivity index (χ1n) is 10.1. The minimum absolute atomic E-state index is 0.113. The Bertz CT molecular complexity index is 1030. The van der Waals surface area contributed by atoms with Crippen molar-refractivity contribution < 1.29 is 9.53 Å². The van der Waals surface area contributed by atoms with E-state index in [9.17, 15) is 4.79 Å². The molecule has 2 heterocycles. The monoisotopic (exact) mass is 457 g/mol. The number of benzene rings is 2. The van der Waals surface area contributed by atoms with Crippen molar-refractivity contribution in [3.05, 3.63) is 59.9 Å². The number of thioether (sulfide) groups is 1. The molecule has 1 amide bonds. The zero-order valence-corrected chi connectivity index (χ0v) is 18.8. The largest absolute Gasteiger partial charge is 0.497 e. The molecule has 1 aromatic heterocycles. The maximum absolute atomic E-state index is 12.9. The molecule has 31 heavy (non-hydrogen) atoms. The zero-order chi connectivity index (χ0) is 21.6. The molecule has 1 aliphatic heterocycles. The van der Waals surface area contributed by atoms with Crippen molar-refractivity contribution in [1.82, 2.24) is 19.7 Å². The van der Waals surface area contributed by atoms with E-state index in [1.807, 2.05) is 45.9 Å². The molecule has 1 saturated heterocycles. The molecule has 0 spiro atoms. The van der Waals surface area contributed by atoms with Gasteiger partial charge in [-0.05, 0) is 48.9 Å². The third-order valence-electron chi connectivity index (χ3n) is 5.21. The van der Waals surface area contributed by atoms with Crippen LogP contribution in [0.25, 0.3) is 5.69 Å². The van der Waals surface area contributed by atoms with Crippen LogP contribution in [0.2, 0.25) is 5.02 Å². The summed E-state index contributed by atoms with van der Waals surface area (Å²) in [4.78, 5) is 17.1. The number of amides is 1. The lowest BCUT2D eigenvalue weighted by Gasteiger charge is -2.24. The molecule has 0 atom stereocenters. The Kier molecular flexibility index (Phi) is 6.99. The summed E-state index contributed by atoms with van der Waals surface area (Å²) in [7, 11) is 1.67. The smallest absolute Gasteiger partial charge is 0.233 e. The third kappa shape index (κ3) is 5.32. The fourth-order valence-electron chi connectivity index (χ4n) is 3.56. The number of rotatable bonds is 6. The molecular weight excluding hydrogens is 434 g/mol. The van der Waals surface area contributed by atoms with E-state index in [2.05, 4.69) is 27.2 Å². The van der Waals surface area contributed by atoms with Crippen molar-refractivity contribution in [3.8, 4) is 11.4 Å². The molecule has 4 rings (SSSR count). The Labute approximate surface area is 191 Å². The van der Waals surface area contributed by atoms with Gasteiger partial charge in [-0.2, -0.15) is 0 Å². The maximum atomic E-state index is 12.9. The van der Waals surface area contributed by atoms with Crippen LogP contribution >= 0.6 is 23.4 Å². The van der Waals surface area contributed by atoms with Gasteiger partial charge in [0.25, 0.3) is 0 Å². The van der Waals surface area contributed by atoms with Crippen molar-refractivity contribution in [2.45, 2.75) is 11.6 Å². The molecule has 1 aliphatic rings. The number of nitrogens with zero attached hydrogens (tertiary/aromatic N) is 5. The van der Waals surface area contributed by atoms with Gasteiger partial charge in [0, 0.05) is 36.9 Å². The number of carbonyl (C=O) groups excluding carboxylic acids is 1. The summed E-state index contributed by atoms with van der Waals surface area (Å²) in [5, 5.41) is 9.48. The summed E-state index contributed by atoms with van der Waals surface area (Å²) in [6, 6.07) is 15.5. The number of methoxy groups -OCH3 is 1. The Morgan fingerprint density at radius 2 is 1.94 bits per heavy atom. The van der Waals surface area contributed by atoms with Crippen molar-refractivity contribution in [2.75, 3.05) is 43.9 Å². The molecule has 0 bridgehead atoms. The predicted molar refractivity (Wildman–Crippen MR) is 123 cm³/mol. The molecular formula is C22H24ClN5O2S. The summed E-state index contributed by atoms with van der Waals surface area (Å²) < 4.78 is 7.08. The number of ether oxygens (including phenoxy) is 1. The highest BCUT2D eigenvalue weighted by atomic mass is 35.5. The van der Waals surface area contributed by atoms with Crippen LogP contribution in [0.3, 0.4) is 0 Å². The second-order valence-corrected chi connectivity index (χ2v) is 8.55. The molecule has 3 aromatic rings. The van der Waals surface area contributed by atoms with Crippen LogP contribution in [-0.2, 0) is 4.79 Å². The van der Waals surface area contributed by atoms with Gasteiger partial charge in [-0.15, -0.1) is 10.2 Å². The van der Waals surface area contributed by atoms with Gasteiger partial charge in [-0.3, -0.25) is 9.36 Å². The van der Waals surface area contributed by atoms with Gasteiger partial charge in [0.2, 0.25) is 5.91 Å². The van der Waals surface area contributed by atoms with E-state index in [0.29, 0.717) is 22.5 Å². The lowest BCUT2D eigenvalue weighted by atomic mass is 10.2. The number of halogens is 1. The fraction of sp³-hybridized carbons (Fsp3) is 0.318. The average Bonchev–Trinajstić information content (AvgIpc) is 3.13. The van der Waals surface area contributed by atoms with E-state index in [0.717, 1.165) is 43.2 Å². The first kappa shape index (κ1) is 21.5. The van der Waals surface area contributed by atoms with Crippen LogP contribution in [0.5, 0.6) is 5.75 Å². The minimum Gasteiger partial charge on any atom is -0.497 e. The highest BCUT2D eigenvalue weighted by Crippen LogP contribution is 2.23. The molecule has 2 aromatic carbocycles. The lowest BCUT2D eigenvalue weighted by molar-refractivity contribution is -0.128. The fourth-order valence-corrected chi connectivity index (χ4v) is 4.58. The number of aromatic nitrogens is 3. The molecule has 0 radical (unpaired) electrons. The lowest BCUT2D eigenvalue weighted by Crippen LogP contribution is -2.36. The van der Waals surface area contributed by atoms with Crippen LogP contribution in [0.15, 0.2) is 60.0 Å². The van der Waals surface area contributed by atoms with Gasteiger partial charge >= 0.3 is 0 Å². The molecule has 0 aliphatic carbocycles. The molecule has 1 fully saturated rings. The van der Waals surface area contributed by atoms with Gasteiger partial charge < -0.3 is 14.5 Å². The van der Waals surface area contributed by atoms with E-state index < -0.39 is 0 Å². The van der Waals surface area contributed by atoms with Crippen molar-refractivity contribution in [3.63, 3.8) is 0 Å². The quantitative estimate of drug-likeness (QED) is 0.525. The first-order valence-corrected chi connectivity index (χ1v) is 11.5. The van der Waals surface area contributed by atoms with E-state index in [-0.39, 0.29) is 5.91 Å². The van der Waals surface area contributed by atoms with Crippen LogP contribution in [-0.4, -0.2) is 64.6 Å². The number of carbonyl (C=O) groups is 1. The van der Waals surface area contributed by atoms with Gasteiger partial charge in [0.15, 0.2) is 5.16 Å². The molecule has 0 N–H and O–H groups in total. The Morgan fingerprint density at radius 3 is 2.71 bits per heavy atom. The summed E-state index contributed by atoms with van der Waals surface area (Å²) in [5.41, 5.74) is 2.02. The summed E-state index contributed by atoms with van der Waals surface area (Å²) >= 11 is 7.49. The van der Waals surface area contributed by atoms with E-state index in [1.165, 1.54) is 11.8 Å². The highest BCUT2D eigenvalue weighted by molar-refractivity contribution is 7.99. The third-order valence-corrected chi connectivity index (χ3v) is 6.38. The topological polar surface area (TPSA) is 63.5 Å². The van der Waals surface area contributed by atoms with Crippen LogP contribution in [0.4, 0.5) is 5.69 Å². The first-order chi connectivity index (χ1) is 15.1. The number of hydrogen-bond donors (Lipinski definition) is 0. The summed E-state index contributed by atoms with van der Waals surface area (Å²) in [5.74, 6) is 1.28. The van der Waals surface area contributed by atoms with Crippen LogP contribution < -0.4 is 9.64 Å². The van der Waals surface area contributed by atoms with Crippen molar-refractivity contribution >= 4 is 35.0 Å². The number of anilines is 1. The molecule has 0 unspecified atom stereocenters. The number of hydrogen-bond acceptors (Lipinski definition) is 6. The standard InChI is InChI=1S/C22H24ClN5O2S/c1-30-20-8-6-18(7-9-20)26-10-3-11-27(13-12-26)21(29)15-31-22-25-24-16-28(22)19-5-2-4-17(23)14-19/h2,4-9,14,16H,3,10-13,15H2,1H3. The van der Waals surface area contributed by atoms with Crippen LogP contribution in [0.1, 0.15) is 6.42 Å². The van der Waals surface area contributed by atoms with Gasteiger partial charge in [0.1, 0.15) is 12.1 Å². The normalized spacial score (nSPS) is 14.4. The predicted octanol–water partition coefficient (Wildman–Crippen LogP) is 3.76. The summed E-state index contributed by atoms with van der Waals surface area (Å²) in [6.07, 6.45) is 2.57. The van der Waals surface area contributed by atoms with Gasteiger partial charge in [-0.1, -0.05) is 29.4 Å². The minimum atomic E-state index is 0.113. The Balaban J connectivity index is 1.34. The second kappa shape index (κ2) is 10.1. The SMILES string of the molecule is COc1ccc(N2CCCN(C(=O)CSc3nncn3-c3cccc(Cl)c3)CC2)cc1. The van der Waals surface area contributed by atoms with Crippen molar-refractivity contribution in [2.24, 2.45) is 0 Å². The highest BCUT2D eigenvalue weighted by Gasteiger charge is 2.20. The van der Waals surface area contributed by atoms with Gasteiger partial charge in [-0.25, -0.2) is 0 Å². The van der Waals surface area contributed by atoms with Gasteiger partial charge in [0.05, 0.1) is 18.6 Å². The van der Waals surface area contributed by atoms with E-state index in [1.54, 1.807) is 13.4 Å². The Morgan fingerprint density at radius 1 is 1.10 bits per heavy atom. The summed E-state index contributed by atoms with van der Waals surface area (Å²) in [6.45, 7) is 3.19. The molecule has 162 valence electrons.